The molecule has 0 aromatic heterocycles. The zero-order chi connectivity index (χ0) is 10.4. The predicted octanol–water partition coefficient (Wildman–Crippen LogP) is -0.269. The van der Waals surface area contributed by atoms with E-state index in [1.807, 2.05) is 0 Å². The lowest BCUT2D eigenvalue weighted by Gasteiger charge is -2.16. The Kier molecular flexibility index (Phi) is 0.474. The van der Waals surface area contributed by atoms with Crippen molar-refractivity contribution in [3.63, 3.8) is 0 Å². The first-order chi connectivity index (χ1) is 5.70. The van der Waals surface area contributed by atoms with Gasteiger partial charge in [-0.15, -0.1) is 0 Å². The fraction of sp³-hybridized carbons (Fsp3) is 1.00. The minimum atomic E-state index is -2.51. The summed E-state index contributed by atoms with van der Waals surface area (Å²) in [4.78, 5) is 0. The van der Waals surface area contributed by atoms with E-state index in [9.17, 15) is 5.11 Å². The number of hydrogen-bond donors (Lipinski definition) is 2. The van der Waals surface area contributed by atoms with Crippen LogP contribution in [0.15, 0.2) is 0 Å². The smallest absolute Gasteiger partial charge is 0.0665 e. The summed E-state index contributed by atoms with van der Waals surface area (Å²) in [7, 11) is 0. The second kappa shape index (κ2) is 2.28. The molecular formula is C5H11NO. The SMILES string of the molecule is [2H]C1NC([2H])C([2H])(O)C([2H])C1([2H])[2H]. The first-order valence-corrected chi connectivity index (χ1v) is 1.96. The van der Waals surface area contributed by atoms with Crippen LogP contribution in [0.3, 0.4) is 0 Å². The molecule has 0 bridgehead atoms. The molecule has 2 heteroatoms. The molecule has 0 spiro atoms. The van der Waals surface area contributed by atoms with Crippen molar-refractivity contribution >= 4 is 0 Å². The standard InChI is InChI=1S/C5H11NO/c7-5-2-1-3-6-4-5/h5-7H,1-4H2/i1D2,2D,3D,4D,5D. The fourth-order valence-corrected chi connectivity index (χ4v) is 0.344. The predicted molar refractivity (Wildman–Crippen MR) is 28.1 cm³/mol. The third kappa shape index (κ3) is 1.45. The lowest BCUT2D eigenvalue weighted by Crippen LogP contribution is -2.33. The van der Waals surface area contributed by atoms with Crippen molar-refractivity contribution in [2.24, 2.45) is 0 Å². The Morgan fingerprint density at radius 1 is 2.00 bits per heavy atom. The minimum absolute atomic E-state index is 1.46. The first kappa shape index (κ1) is 1.45. The van der Waals surface area contributed by atoms with Crippen LogP contribution in [0.5, 0.6) is 0 Å². The van der Waals surface area contributed by atoms with Gasteiger partial charge in [-0.1, -0.05) is 0 Å². The molecule has 2 N–H and O–H groups in total. The molecule has 0 aromatic rings. The summed E-state index contributed by atoms with van der Waals surface area (Å²) in [5, 5.41) is 11.4. The van der Waals surface area contributed by atoms with E-state index in [-0.39, 0.29) is 0 Å². The van der Waals surface area contributed by atoms with E-state index in [1.54, 1.807) is 0 Å². The molecule has 1 aliphatic rings. The van der Waals surface area contributed by atoms with Crippen LogP contribution in [0, 0.1) is 0 Å². The number of β-amino-alcohol motifs (C(OH)–C–C–N with tert-alkyl or cyclic N) is 1. The summed E-state index contributed by atoms with van der Waals surface area (Å²) in [6, 6.07) is 0. The van der Waals surface area contributed by atoms with Crippen molar-refractivity contribution in [2.45, 2.75) is 18.8 Å². The monoisotopic (exact) mass is 107 g/mol. The highest BCUT2D eigenvalue weighted by molar-refractivity contribution is 4.65. The van der Waals surface area contributed by atoms with Crippen LogP contribution in [0.25, 0.3) is 0 Å². The van der Waals surface area contributed by atoms with Gasteiger partial charge >= 0.3 is 0 Å². The quantitative estimate of drug-likeness (QED) is 0.446. The van der Waals surface area contributed by atoms with E-state index in [0.717, 1.165) is 0 Å². The van der Waals surface area contributed by atoms with Crippen molar-refractivity contribution in [3.8, 4) is 0 Å². The van der Waals surface area contributed by atoms with Crippen molar-refractivity contribution in [1.29, 1.82) is 0 Å². The highest BCUT2D eigenvalue weighted by Crippen LogP contribution is 1.98. The average Bonchev–Trinajstić information content (AvgIpc) is 2.00. The largest absolute Gasteiger partial charge is 0.392 e. The lowest BCUT2D eigenvalue weighted by molar-refractivity contribution is 0.142. The van der Waals surface area contributed by atoms with Gasteiger partial charge in [-0.25, -0.2) is 0 Å². The Morgan fingerprint density at radius 3 is 3.71 bits per heavy atom. The van der Waals surface area contributed by atoms with E-state index >= 15 is 0 Å². The molecule has 0 aromatic carbocycles. The molecule has 2 nitrogen and oxygen atoms in total. The molecule has 1 aliphatic heterocycles. The van der Waals surface area contributed by atoms with Gasteiger partial charge in [-0.3, -0.25) is 0 Å². The van der Waals surface area contributed by atoms with Gasteiger partial charge in [0.1, 0.15) is 0 Å². The maximum atomic E-state index is 9.27. The van der Waals surface area contributed by atoms with Gasteiger partial charge < -0.3 is 10.4 Å². The molecule has 4 unspecified atom stereocenters. The Hall–Kier alpha value is -0.0800. The van der Waals surface area contributed by atoms with Gasteiger partial charge in [0.05, 0.1) is 7.45 Å². The second-order valence-corrected chi connectivity index (χ2v) is 1.19. The van der Waals surface area contributed by atoms with Crippen LogP contribution in [0.2, 0.25) is 0 Å². The number of aliphatic hydroxyl groups is 1. The van der Waals surface area contributed by atoms with Crippen LogP contribution < -0.4 is 5.32 Å². The minimum Gasteiger partial charge on any atom is -0.392 e. The van der Waals surface area contributed by atoms with Gasteiger partial charge in [-0.2, -0.15) is 0 Å². The third-order valence-electron chi connectivity index (χ3n) is 0.629. The molecule has 1 saturated heterocycles. The normalized spacial score (nSPS) is 94.7. The number of rotatable bonds is 0. The number of nitrogens with one attached hydrogen (secondary N) is 1. The third-order valence-corrected chi connectivity index (χ3v) is 0.629. The van der Waals surface area contributed by atoms with E-state index in [0.29, 0.717) is 0 Å². The summed E-state index contributed by atoms with van der Waals surface area (Å²) in [6.07, 6.45) is -6.65. The average molecular weight is 107 g/mol. The Balaban J connectivity index is 2.96. The Labute approximate surface area is 52.0 Å². The van der Waals surface area contributed by atoms with Gasteiger partial charge in [0.15, 0.2) is 0 Å². The van der Waals surface area contributed by atoms with Gasteiger partial charge in [0.2, 0.25) is 0 Å². The molecule has 4 atom stereocenters. The zero-order valence-electron chi connectivity index (χ0n) is 9.68. The summed E-state index contributed by atoms with van der Waals surface area (Å²) in [6.45, 7) is -2.98. The highest BCUT2D eigenvalue weighted by atomic mass is 16.3. The summed E-state index contributed by atoms with van der Waals surface area (Å²) in [5.41, 5.74) is 0. The van der Waals surface area contributed by atoms with Gasteiger partial charge in [0, 0.05) is 13.4 Å². The Morgan fingerprint density at radius 2 is 2.86 bits per heavy atom. The molecule has 0 radical (unpaired) electrons. The van der Waals surface area contributed by atoms with Crippen LogP contribution >= 0.6 is 0 Å². The number of piperidine rings is 1. The van der Waals surface area contributed by atoms with Crippen molar-refractivity contribution < 1.29 is 13.3 Å². The van der Waals surface area contributed by atoms with E-state index in [2.05, 4.69) is 5.32 Å². The topological polar surface area (TPSA) is 32.3 Å². The van der Waals surface area contributed by atoms with Gasteiger partial charge in [0.25, 0.3) is 0 Å². The second-order valence-electron chi connectivity index (χ2n) is 1.19. The van der Waals surface area contributed by atoms with E-state index in [1.165, 1.54) is 0 Å². The summed E-state index contributed by atoms with van der Waals surface area (Å²) >= 11 is 0. The summed E-state index contributed by atoms with van der Waals surface area (Å²) in [5.74, 6) is 0. The molecule has 7 heavy (non-hydrogen) atoms. The van der Waals surface area contributed by atoms with Crippen LogP contribution in [0.1, 0.15) is 21.0 Å². The number of hydrogen-bond acceptors (Lipinski definition) is 2. The first-order valence-electron chi connectivity index (χ1n) is 5.19. The van der Waals surface area contributed by atoms with Crippen LogP contribution in [0.4, 0.5) is 0 Å². The fourth-order valence-electron chi connectivity index (χ4n) is 0.344. The lowest BCUT2D eigenvalue weighted by atomic mass is 10.1. The van der Waals surface area contributed by atoms with Crippen molar-refractivity contribution in [2.75, 3.05) is 13.0 Å². The highest BCUT2D eigenvalue weighted by Gasteiger charge is 2.06. The van der Waals surface area contributed by atoms with Crippen LogP contribution in [-0.4, -0.2) is 24.2 Å². The maximum Gasteiger partial charge on any atom is 0.0665 e. The van der Waals surface area contributed by atoms with Crippen molar-refractivity contribution in [1.82, 2.24) is 5.32 Å². The molecule has 0 amide bonds. The molecule has 1 fully saturated rings. The maximum absolute atomic E-state index is 9.27. The molecular weight excluding hydrogens is 90.1 g/mol. The van der Waals surface area contributed by atoms with E-state index in [4.69, 9.17) is 8.22 Å². The molecule has 0 aliphatic carbocycles. The zero-order valence-corrected chi connectivity index (χ0v) is 3.68. The van der Waals surface area contributed by atoms with Crippen LogP contribution in [-0.2, 0) is 0 Å². The molecule has 0 saturated carbocycles. The van der Waals surface area contributed by atoms with Crippen molar-refractivity contribution in [3.05, 3.63) is 0 Å². The van der Waals surface area contributed by atoms with Gasteiger partial charge in [-0.05, 0) is 19.3 Å². The molecule has 42 valence electrons. The molecule has 1 heterocycles. The Bertz CT molecular complexity index is 189. The molecule has 1 rings (SSSR count). The van der Waals surface area contributed by atoms with E-state index < -0.39 is 31.9 Å². The summed E-state index contributed by atoms with van der Waals surface area (Å²) < 4.78 is 43.3.